The maximum atomic E-state index is 14.4. The van der Waals surface area contributed by atoms with Gasteiger partial charge < -0.3 is 4.74 Å². The first-order chi connectivity index (χ1) is 14.7. The van der Waals surface area contributed by atoms with E-state index in [-0.39, 0.29) is 12.0 Å². The predicted octanol–water partition coefficient (Wildman–Crippen LogP) is 5.89. The molecule has 0 aromatic heterocycles. The Morgan fingerprint density at radius 2 is 1.47 bits per heavy atom. The van der Waals surface area contributed by atoms with Gasteiger partial charge in [-0.25, -0.2) is 4.39 Å². The van der Waals surface area contributed by atoms with Crippen LogP contribution in [0.1, 0.15) is 29.3 Å². The number of methoxy groups -OCH3 is 1. The third kappa shape index (κ3) is 4.51. The van der Waals surface area contributed by atoms with Gasteiger partial charge in [0.15, 0.2) is 0 Å². The first-order valence-corrected chi connectivity index (χ1v) is 10.6. The lowest BCUT2D eigenvalue weighted by Crippen LogP contribution is -2.47. The Morgan fingerprint density at radius 3 is 2.17 bits per heavy atom. The second-order valence-corrected chi connectivity index (χ2v) is 8.00. The van der Waals surface area contributed by atoms with E-state index in [0.717, 1.165) is 48.0 Å². The normalized spacial score (nSPS) is 17.8. The van der Waals surface area contributed by atoms with Crippen LogP contribution in [-0.4, -0.2) is 30.0 Å². The summed E-state index contributed by atoms with van der Waals surface area (Å²) in [5.41, 5.74) is 2.88. The second kappa shape index (κ2) is 9.61. The molecule has 0 bridgehead atoms. The third-order valence-corrected chi connectivity index (χ3v) is 6.03. The molecule has 1 heterocycles. The minimum Gasteiger partial charge on any atom is -0.496 e. The van der Waals surface area contributed by atoms with Crippen LogP contribution in [0.2, 0.25) is 5.02 Å². The van der Waals surface area contributed by atoms with E-state index in [9.17, 15) is 4.39 Å². The van der Waals surface area contributed by atoms with E-state index in [1.807, 2.05) is 48.5 Å². The standard InChI is InChI=1S/C25H26ClFN2O/c1-30-24-14-7-4-11-21(24)25-28(17-19-9-2-5-12-22(19)26)15-8-16-29(25)18-20-10-3-6-13-23(20)27/h2-7,9-14,25H,8,15-18H2,1H3/t25-/m1/s1. The molecule has 0 amide bonds. The van der Waals surface area contributed by atoms with E-state index in [1.54, 1.807) is 13.2 Å². The van der Waals surface area contributed by atoms with Gasteiger partial charge in [-0.2, -0.15) is 0 Å². The molecule has 3 aromatic rings. The SMILES string of the molecule is COc1ccccc1[C@H]1N(Cc2ccccc2F)CCCN1Cc1ccccc1Cl. The highest BCUT2D eigenvalue weighted by Gasteiger charge is 2.33. The molecule has 0 radical (unpaired) electrons. The van der Waals surface area contributed by atoms with Crippen LogP contribution >= 0.6 is 11.6 Å². The molecule has 1 aliphatic rings. The van der Waals surface area contributed by atoms with Gasteiger partial charge in [-0.1, -0.05) is 66.2 Å². The first-order valence-electron chi connectivity index (χ1n) is 10.2. The van der Waals surface area contributed by atoms with E-state index in [1.165, 1.54) is 6.07 Å². The van der Waals surface area contributed by atoms with E-state index >= 15 is 0 Å². The zero-order valence-corrected chi connectivity index (χ0v) is 17.9. The fourth-order valence-corrected chi connectivity index (χ4v) is 4.44. The highest BCUT2D eigenvalue weighted by atomic mass is 35.5. The van der Waals surface area contributed by atoms with E-state index in [0.29, 0.717) is 12.1 Å². The Hall–Kier alpha value is -2.40. The van der Waals surface area contributed by atoms with Gasteiger partial charge in [-0.05, 0) is 30.2 Å². The van der Waals surface area contributed by atoms with Crippen molar-refractivity contribution < 1.29 is 9.13 Å². The van der Waals surface area contributed by atoms with Gasteiger partial charge in [0.25, 0.3) is 0 Å². The Balaban J connectivity index is 1.71. The summed E-state index contributed by atoms with van der Waals surface area (Å²) in [6.07, 6.45) is 0.968. The molecule has 156 valence electrons. The van der Waals surface area contributed by atoms with Crippen LogP contribution in [0.4, 0.5) is 4.39 Å². The van der Waals surface area contributed by atoms with Crippen molar-refractivity contribution in [1.82, 2.24) is 9.80 Å². The average molecular weight is 425 g/mol. The van der Waals surface area contributed by atoms with Crippen LogP contribution < -0.4 is 4.74 Å². The van der Waals surface area contributed by atoms with Crippen molar-refractivity contribution in [2.75, 3.05) is 20.2 Å². The van der Waals surface area contributed by atoms with Gasteiger partial charge in [0.05, 0.1) is 13.3 Å². The number of benzene rings is 3. The Morgan fingerprint density at radius 1 is 0.867 bits per heavy atom. The Labute approximate surface area is 182 Å². The lowest BCUT2D eigenvalue weighted by Gasteiger charge is -2.44. The van der Waals surface area contributed by atoms with Crippen LogP contribution in [0.3, 0.4) is 0 Å². The molecule has 1 fully saturated rings. The summed E-state index contributed by atoms with van der Waals surface area (Å²) in [7, 11) is 1.70. The summed E-state index contributed by atoms with van der Waals surface area (Å²) >= 11 is 6.47. The Kier molecular flexibility index (Phi) is 6.68. The number of para-hydroxylation sites is 1. The van der Waals surface area contributed by atoms with Gasteiger partial charge >= 0.3 is 0 Å². The van der Waals surface area contributed by atoms with Crippen molar-refractivity contribution in [2.45, 2.75) is 25.7 Å². The zero-order chi connectivity index (χ0) is 20.9. The molecule has 3 nitrogen and oxygen atoms in total. The molecule has 1 aliphatic heterocycles. The first kappa shape index (κ1) is 20.9. The number of ether oxygens (including phenoxy) is 1. The van der Waals surface area contributed by atoms with Gasteiger partial charge in [-0.3, -0.25) is 9.80 Å². The summed E-state index contributed by atoms with van der Waals surface area (Å²) in [6.45, 7) is 3.07. The quantitative estimate of drug-likeness (QED) is 0.490. The van der Waals surface area contributed by atoms with Crippen LogP contribution in [0.25, 0.3) is 0 Å². The summed E-state index contributed by atoms with van der Waals surface area (Å²) in [4.78, 5) is 4.74. The average Bonchev–Trinajstić information content (AvgIpc) is 2.77. The number of rotatable bonds is 6. The van der Waals surface area contributed by atoms with Gasteiger partial charge in [-0.15, -0.1) is 0 Å². The molecule has 4 rings (SSSR count). The zero-order valence-electron chi connectivity index (χ0n) is 17.1. The molecule has 5 heteroatoms. The molecule has 0 unspecified atom stereocenters. The Bertz CT molecular complexity index is 941. The fourth-order valence-electron chi connectivity index (χ4n) is 4.25. The largest absolute Gasteiger partial charge is 0.496 e. The molecule has 0 saturated carbocycles. The van der Waals surface area contributed by atoms with Crippen LogP contribution in [-0.2, 0) is 13.1 Å². The summed E-state index contributed by atoms with van der Waals surface area (Å²) in [6, 6.07) is 23.1. The molecule has 0 spiro atoms. The molecule has 1 saturated heterocycles. The molecule has 3 aromatic carbocycles. The maximum Gasteiger partial charge on any atom is 0.127 e. The number of hydrogen-bond donors (Lipinski definition) is 0. The van der Waals surface area contributed by atoms with Crippen LogP contribution in [0.15, 0.2) is 72.8 Å². The van der Waals surface area contributed by atoms with E-state index in [4.69, 9.17) is 16.3 Å². The third-order valence-electron chi connectivity index (χ3n) is 5.66. The number of nitrogens with zero attached hydrogens (tertiary/aromatic N) is 2. The summed E-state index contributed by atoms with van der Waals surface area (Å²) in [5, 5.41) is 0.766. The highest BCUT2D eigenvalue weighted by Crippen LogP contribution is 2.37. The summed E-state index contributed by atoms with van der Waals surface area (Å²) < 4.78 is 20.1. The van der Waals surface area contributed by atoms with E-state index in [2.05, 4.69) is 21.9 Å². The predicted molar refractivity (Wildman–Crippen MR) is 119 cm³/mol. The van der Waals surface area contributed by atoms with Crippen molar-refractivity contribution in [3.63, 3.8) is 0 Å². The van der Waals surface area contributed by atoms with Crippen molar-refractivity contribution in [3.05, 3.63) is 100 Å². The second-order valence-electron chi connectivity index (χ2n) is 7.59. The molecular formula is C25H26ClFN2O. The maximum absolute atomic E-state index is 14.4. The molecular weight excluding hydrogens is 399 g/mol. The summed E-state index contributed by atoms with van der Waals surface area (Å²) in [5.74, 6) is 0.673. The monoisotopic (exact) mass is 424 g/mol. The lowest BCUT2D eigenvalue weighted by molar-refractivity contribution is -0.0109. The van der Waals surface area contributed by atoms with Gasteiger partial charge in [0.1, 0.15) is 11.6 Å². The topological polar surface area (TPSA) is 15.7 Å². The minimum atomic E-state index is -0.167. The molecule has 30 heavy (non-hydrogen) atoms. The van der Waals surface area contributed by atoms with E-state index < -0.39 is 0 Å². The van der Waals surface area contributed by atoms with Gasteiger partial charge in [0.2, 0.25) is 0 Å². The van der Waals surface area contributed by atoms with Crippen LogP contribution in [0.5, 0.6) is 5.75 Å². The molecule has 0 aliphatic carbocycles. The van der Waals surface area contributed by atoms with Crippen molar-refractivity contribution in [1.29, 1.82) is 0 Å². The van der Waals surface area contributed by atoms with Crippen molar-refractivity contribution in [2.24, 2.45) is 0 Å². The fraction of sp³-hybridized carbons (Fsp3) is 0.280. The lowest BCUT2D eigenvalue weighted by atomic mass is 10.0. The van der Waals surface area contributed by atoms with Crippen LogP contribution in [0, 0.1) is 5.82 Å². The minimum absolute atomic E-state index is 0.0363. The van der Waals surface area contributed by atoms with Gasteiger partial charge in [0, 0.05) is 42.3 Å². The number of halogens is 2. The number of hydrogen-bond acceptors (Lipinski definition) is 3. The van der Waals surface area contributed by atoms with Crippen molar-refractivity contribution in [3.8, 4) is 5.75 Å². The molecule has 1 atom stereocenters. The highest BCUT2D eigenvalue weighted by molar-refractivity contribution is 6.31. The van der Waals surface area contributed by atoms with Crippen molar-refractivity contribution >= 4 is 11.6 Å². The smallest absolute Gasteiger partial charge is 0.127 e. The molecule has 0 N–H and O–H groups in total.